The van der Waals surface area contributed by atoms with Gasteiger partial charge in [-0.05, 0) is 27.9 Å². The third kappa shape index (κ3) is 17.4. The van der Waals surface area contributed by atoms with Crippen LogP contribution in [0.5, 0.6) is 0 Å². The van der Waals surface area contributed by atoms with Crippen LogP contribution in [-0.4, -0.2) is 57.7 Å². The maximum absolute atomic E-state index is 10.8. The van der Waals surface area contributed by atoms with E-state index in [4.69, 9.17) is 9.29 Å². The highest BCUT2D eigenvalue weighted by Gasteiger charge is 2.01. The molecule has 0 aromatic heterocycles. The molecular weight excluding hydrogens is 262 g/mol. The van der Waals surface area contributed by atoms with Crippen molar-refractivity contribution in [2.45, 2.75) is 13.8 Å². The Kier molecular flexibility index (Phi) is 10.8. The zero-order chi connectivity index (χ0) is 14.8. The third-order valence-electron chi connectivity index (χ3n) is 1.39. The molecule has 0 aromatic carbocycles. The Balaban J connectivity index is 0. The van der Waals surface area contributed by atoms with Crippen LogP contribution in [0.15, 0.2) is 12.2 Å². The van der Waals surface area contributed by atoms with Crippen LogP contribution >= 0.6 is 0 Å². The van der Waals surface area contributed by atoms with E-state index in [1.165, 1.54) is 6.92 Å². The largest absolute Gasteiger partial charge is 0.461 e. The van der Waals surface area contributed by atoms with Crippen molar-refractivity contribution in [3.05, 3.63) is 12.2 Å². The van der Waals surface area contributed by atoms with Crippen LogP contribution in [0.2, 0.25) is 0 Å². The number of carbonyl (C=O) groups excluding carboxylic acids is 1. The summed E-state index contributed by atoms with van der Waals surface area (Å²) in [5.74, 6) is -0.313. The lowest BCUT2D eigenvalue weighted by molar-refractivity contribution is -0.139. The minimum atomic E-state index is -4.17. The standard InChI is InChI=1S/C8H15NO2.C2H6O4S/c1-7(2)8(10)11-6-5-9(3)4;1-2-6-7(3,4)5/h1,5-6H2,2-4H3;2H2,1H3,(H,3,4,5). The maximum Gasteiger partial charge on any atom is 0.397 e. The average Bonchev–Trinajstić information content (AvgIpc) is 2.15. The number of hydrogen-bond acceptors (Lipinski definition) is 6. The van der Waals surface area contributed by atoms with Crippen LogP contribution in [0.1, 0.15) is 13.8 Å². The van der Waals surface area contributed by atoms with E-state index >= 15 is 0 Å². The SMILES string of the molecule is C=C(C)C(=O)OCCN(C)C.CCOS(=O)(=O)O. The highest BCUT2D eigenvalue weighted by molar-refractivity contribution is 7.80. The van der Waals surface area contributed by atoms with E-state index in [1.807, 2.05) is 19.0 Å². The lowest BCUT2D eigenvalue weighted by Gasteiger charge is -2.09. The number of likely N-dealkylation sites (N-methyl/N-ethyl adjacent to an activating group) is 1. The summed E-state index contributed by atoms with van der Waals surface area (Å²) in [6, 6.07) is 0. The van der Waals surface area contributed by atoms with Gasteiger partial charge in [0.25, 0.3) is 0 Å². The summed E-state index contributed by atoms with van der Waals surface area (Å²) in [6.07, 6.45) is 0. The number of nitrogens with zero attached hydrogens (tertiary/aromatic N) is 1. The molecule has 0 aliphatic rings. The quantitative estimate of drug-likeness (QED) is 0.431. The van der Waals surface area contributed by atoms with Gasteiger partial charge in [0.15, 0.2) is 0 Å². The highest BCUT2D eigenvalue weighted by atomic mass is 32.3. The van der Waals surface area contributed by atoms with Crippen molar-refractivity contribution >= 4 is 16.4 Å². The first-order chi connectivity index (χ1) is 8.10. The van der Waals surface area contributed by atoms with Gasteiger partial charge in [-0.15, -0.1) is 0 Å². The molecule has 0 heterocycles. The van der Waals surface area contributed by atoms with Gasteiger partial charge >= 0.3 is 16.4 Å². The van der Waals surface area contributed by atoms with Crippen molar-refractivity contribution < 1.29 is 26.7 Å². The summed E-state index contributed by atoms with van der Waals surface area (Å²) >= 11 is 0. The zero-order valence-electron chi connectivity index (χ0n) is 11.2. The van der Waals surface area contributed by atoms with Gasteiger partial charge in [0.05, 0.1) is 6.61 Å². The summed E-state index contributed by atoms with van der Waals surface area (Å²) in [7, 11) is -0.324. The lowest BCUT2D eigenvalue weighted by atomic mass is 10.4. The molecule has 0 bridgehead atoms. The van der Waals surface area contributed by atoms with E-state index < -0.39 is 10.4 Å². The molecule has 0 spiro atoms. The fourth-order valence-electron chi connectivity index (χ4n) is 0.593. The van der Waals surface area contributed by atoms with Crippen molar-refractivity contribution in [3.8, 4) is 0 Å². The van der Waals surface area contributed by atoms with Crippen LogP contribution in [0.4, 0.5) is 0 Å². The van der Waals surface area contributed by atoms with Crippen LogP contribution in [-0.2, 0) is 24.1 Å². The van der Waals surface area contributed by atoms with Gasteiger partial charge in [-0.1, -0.05) is 6.58 Å². The molecular formula is C10H21NO6S. The van der Waals surface area contributed by atoms with Gasteiger partial charge in [0.2, 0.25) is 0 Å². The molecule has 7 nitrogen and oxygen atoms in total. The molecule has 0 fully saturated rings. The first-order valence-electron chi connectivity index (χ1n) is 5.19. The van der Waals surface area contributed by atoms with Crippen LogP contribution < -0.4 is 0 Å². The van der Waals surface area contributed by atoms with E-state index in [9.17, 15) is 13.2 Å². The molecule has 108 valence electrons. The molecule has 0 aliphatic carbocycles. The molecule has 1 N–H and O–H groups in total. The summed E-state index contributed by atoms with van der Waals surface area (Å²) in [5.41, 5.74) is 0.448. The first-order valence-corrected chi connectivity index (χ1v) is 6.55. The monoisotopic (exact) mass is 283 g/mol. The number of hydrogen-bond donors (Lipinski definition) is 1. The third-order valence-corrected chi connectivity index (χ3v) is 1.92. The zero-order valence-corrected chi connectivity index (χ0v) is 12.0. The highest BCUT2D eigenvalue weighted by Crippen LogP contribution is 1.91. The molecule has 0 amide bonds. The van der Waals surface area contributed by atoms with E-state index in [-0.39, 0.29) is 12.6 Å². The normalized spacial score (nSPS) is 10.6. The van der Waals surface area contributed by atoms with E-state index in [2.05, 4.69) is 10.8 Å². The molecule has 0 unspecified atom stereocenters. The molecule has 0 rings (SSSR count). The summed E-state index contributed by atoms with van der Waals surface area (Å²) in [4.78, 5) is 12.7. The fourth-order valence-corrected chi connectivity index (χ4v) is 0.891. The molecule has 0 atom stereocenters. The number of rotatable bonds is 6. The Morgan fingerprint density at radius 3 is 2.11 bits per heavy atom. The molecule has 0 aromatic rings. The van der Waals surface area contributed by atoms with Crippen LogP contribution in [0.3, 0.4) is 0 Å². The van der Waals surface area contributed by atoms with Gasteiger partial charge in [0.1, 0.15) is 6.61 Å². The number of ether oxygens (including phenoxy) is 1. The lowest BCUT2D eigenvalue weighted by Crippen LogP contribution is -2.20. The average molecular weight is 283 g/mol. The van der Waals surface area contributed by atoms with Gasteiger partial charge in [-0.3, -0.25) is 4.55 Å². The maximum atomic E-state index is 10.8. The molecule has 8 heteroatoms. The number of carbonyl (C=O) groups is 1. The summed E-state index contributed by atoms with van der Waals surface area (Å²) in [5, 5.41) is 0. The van der Waals surface area contributed by atoms with Gasteiger partial charge in [0, 0.05) is 12.1 Å². The second kappa shape index (κ2) is 10.0. The van der Waals surface area contributed by atoms with E-state index in [1.54, 1.807) is 6.92 Å². The van der Waals surface area contributed by atoms with Crippen molar-refractivity contribution in [3.63, 3.8) is 0 Å². The molecule has 0 radical (unpaired) electrons. The minimum Gasteiger partial charge on any atom is -0.461 e. The van der Waals surface area contributed by atoms with Crippen LogP contribution in [0.25, 0.3) is 0 Å². The topological polar surface area (TPSA) is 93.1 Å². The second-order valence-electron chi connectivity index (χ2n) is 3.55. The smallest absolute Gasteiger partial charge is 0.397 e. The van der Waals surface area contributed by atoms with Crippen molar-refractivity contribution in [1.29, 1.82) is 0 Å². The molecule has 0 saturated heterocycles. The predicted octanol–water partition coefficient (Wildman–Crippen LogP) is 0.493. The van der Waals surface area contributed by atoms with Gasteiger partial charge in [-0.25, -0.2) is 8.98 Å². The van der Waals surface area contributed by atoms with Crippen LogP contribution in [0, 0.1) is 0 Å². The van der Waals surface area contributed by atoms with Crippen molar-refractivity contribution in [1.82, 2.24) is 4.90 Å². The Morgan fingerprint density at radius 1 is 1.39 bits per heavy atom. The molecule has 0 aliphatic heterocycles. The summed E-state index contributed by atoms with van der Waals surface area (Å²) in [6.45, 7) is 7.72. The predicted molar refractivity (Wildman–Crippen MR) is 67.5 cm³/mol. The van der Waals surface area contributed by atoms with Gasteiger partial charge in [-0.2, -0.15) is 8.42 Å². The second-order valence-corrected chi connectivity index (χ2v) is 4.64. The van der Waals surface area contributed by atoms with E-state index in [0.29, 0.717) is 12.2 Å². The summed E-state index contributed by atoms with van der Waals surface area (Å²) < 4.78 is 35.5. The van der Waals surface area contributed by atoms with Crippen molar-refractivity contribution in [2.24, 2.45) is 0 Å². The molecule has 18 heavy (non-hydrogen) atoms. The van der Waals surface area contributed by atoms with E-state index in [0.717, 1.165) is 6.54 Å². The Labute approximate surface area is 108 Å². The van der Waals surface area contributed by atoms with Crippen molar-refractivity contribution in [2.75, 3.05) is 33.9 Å². The minimum absolute atomic E-state index is 0.0289. The molecule has 0 saturated carbocycles. The fraction of sp³-hybridized carbons (Fsp3) is 0.700. The Hall–Kier alpha value is -0.960. The Morgan fingerprint density at radius 2 is 1.89 bits per heavy atom. The first kappa shape index (κ1) is 19.4. The van der Waals surface area contributed by atoms with Gasteiger partial charge < -0.3 is 9.64 Å². The Bertz CT molecular complexity index is 349. The number of esters is 1.